The molecule has 0 unspecified atom stereocenters. The number of oxazole rings is 1. The number of fused-ring (bicyclic) bond motifs is 1. The van der Waals surface area contributed by atoms with Crippen LogP contribution in [0, 0.1) is 20.8 Å². The minimum Gasteiger partial charge on any atom is -0.461 e. The average Bonchev–Trinajstić information content (AvgIpc) is 3.32. The molecule has 0 spiro atoms. The van der Waals surface area contributed by atoms with E-state index in [1.165, 1.54) is 0 Å². The first kappa shape index (κ1) is 17.0. The van der Waals surface area contributed by atoms with Gasteiger partial charge in [0.05, 0.1) is 29.6 Å². The Morgan fingerprint density at radius 2 is 2.07 bits per heavy atom. The van der Waals surface area contributed by atoms with Gasteiger partial charge in [0, 0.05) is 17.3 Å². The molecule has 0 radical (unpaired) electrons. The van der Waals surface area contributed by atoms with Gasteiger partial charge < -0.3 is 13.7 Å². The minimum absolute atomic E-state index is 0.186. The van der Waals surface area contributed by atoms with E-state index in [4.69, 9.17) is 13.7 Å². The van der Waals surface area contributed by atoms with Crippen LogP contribution in [0.3, 0.4) is 0 Å². The number of aromatic nitrogens is 4. The highest BCUT2D eigenvalue weighted by Gasteiger charge is 2.21. The zero-order valence-electron chi connectivity index (χ0n) is 15.4. The van der Waals surface area contributed by atoms with E-state index in [0.29, 0.717) is 11.7 Å². The number of pyridine rings is 1. The van der Waals surface area contributed by atoms with E-state index in [1.807, 2.05) is 32.2 Å². The molecule has 0 aliphatic carbocycles. The second-order valence-electron chi connectivity index (χ2n) is 6.15. The molecule has 4 heterocycles. The van der Waals surface area contributed by atoms with Gasteiger partial charge in [-0.05, 0) is 39.8 Å². The first-order chi connectivity index (χ1) is 13.0. The summed E-state index contributed by atoms with van der Waals surface area (Å²) in [4.78, 5) is 16.3. The second-order valence-corrected chi connectivity index (χ2v) is 6.15. The summed E-state index contributed by atoms with van der Waals surface area (Å²) in [7, 11) is 0. The van der Waals surface area contributed by atoms with Crippen molar-refractivity contribution in [3.8, 4) is 22.6 Å². The van der Waals surface area contributed by atoms with Gasteiger partial charge in [0.25, 0.3) is 0 Å². The lowest BCUT2D eigenvalue weighted by atomic mass is 10.1. The van der Waals surface area contributed by atoms with E-state index in [1.54, 1.807) is 24.6 Å². The molecular formula is C19H18N4O4. The van der Waals surface area contributed by atoms with Crippen molar-refractivity contribution in [2.24, 2.45) is 0 Å². The van der Waals surface area contributed by atoms with Crippen LogP contribution in [-0.4, -0.2) is 32.3 Å². The highest BCUT2D eigenvalue weighted by atomic mass is 16.5. The van der Waals surface area contributed by atoms with E-state index in [0.717, 1.165) is 33.7 Å². The Morgan fingerprint density at radius 1 is 1.26 bits per heavy atom. The van der Waals surface area contributed by atoms with Gasteiger partial charge in [-0.1, -0.05) is 5.16 Å². The van der Waals surface area contributed by atoms with Crippen molar-refractivity contribution in [3.63, 3.8) is 0 Å². The summed E-state index contributed by atoms with van der Waals surface area (Å²) in [6.45, 7) is 7.48. The van der Waals surface area contributed by atoms with E-state index in [9.17, 15) is 4.79 Å². The summed E-state index contributed by atoms with van der Waals surface area (Å²) in [5.74, 6) is 1.00. The van der Waals surface area contributed by atoms with Gasteiger partial charge in [0.15, 0.2) is 5.69 Å². The SMILES string of the molecule is CCOC(=O)c1nc(-c2ccn3ncc(-c4c(C)noc4C)c3c2)oc1C. The lowest BCUT2D eigenvalue weighted by molar-refractivity contribution is 0.0518. The maximum Gasteiger partial charge on any atom is 0.360 e. The van der Waals surface area contributed by atoms with Crippen molar-refractivity contribution in [2.75, 3.05) is 6.61 Å². The van der Waals surface area contributed by atoms with Crippen molar-refractivity contribution in [1.82, 2.24) is 19.8 Å². The van der Waals surface area contributed by atoms with Crippen LogP contribution in [0.2, 0.25) is 0 Å². The molecule has 27 heavy (non-hydrogen) atoms. The van der Waals surface area contributed by atoms with Crippen molar-refractivity contribution >= 4 is 11.5 Å². The third-order valence-corrected chi connectivity index (χ3v) is 4.34. The standard InChI is InChI=1S/C19H18N4O4/c1-5-25-19(24)17-12(4)26-18(21-17)13-6-7-23-15(8-13)14(9-20-23)16-10(2)22-27-11(16)3/h6-9H,5H2,1-4H3. The molecule has 8 heteroatoms. The van der Waals surface area contributed by atoms with Gasteiger partial charge >= 0.3 is 5.97 Å². The smallest absolute Gasteiger partial charge is 0.360 e. The fourth-order valence-electron chi connectivity index (χ4n) is 3.08. The Balaban J connectivity index is 1.82. The van der Waals surface area contributed by atoms with E-state index < -0.39 is 5.97 Å². The Hall–Kier alpha value is -3.42. The van der Waals surface area contributed by atoms with Gasteiger partial charge in [-0.3, -0.25) is 0 Å². The molecular weight excluding hydrogens is 348 g/mol. The summed E-state index contributed by atoms with van der Waals surface area (Å²) in [5.41, 5.74) is 4.39. The number of ether oxygens (including phenoxy) is 1. The molecule has 0 amide bonds. The number of nitrogens with zero attached hydrogens (tertiary/aromatic N) is 4. The predicted molar refractivity (Wildman–Crippen MR) is 96.4 cm³/mol. The topological polar surface area (TPSA) is 95.7 Å². The normalized spacial score (nSPS) is 11.3. The molecule has 4 aromatic rings. The fourth-order valence-corrected chi connectivity index (χ4v) is 3.08. The van der Waals surface area contributed by atoms with E-state index >= 15 is 0 Å². The van der Waals surface area contributed by atoms with Crippen molar-refractivity contribution in [1.29, 1.82) is 0 Å². The molecule has 0 N–H and O–H groups in total. The van der Waals surface area contributed by atoms with E-state index in [-0.39, 0.29) is 12.3 Å². The number of aryl methyl sites for hydroxylation is 3. The quantitative estimate of drug-likeness (QED) is 0.508. The first-order valence-electron chi connectivity index (χ1n) is 8.55. The van der Waals surface area contributed by atoms with Gasteiger partial charge in [-0.2, -0.15) is 5.10 Å². The Morgan fingerprint density at radius 3 is 2.78 bits per heavy atom. The predicted octanol–water partition coefficient (Wildman–Crippen LogP) is 3.75. The third kappa shape index (κ3) is 2.79. The summed E-state index contributed by atoms with van der Waals surface area (Å²) in [6.07, 6.45) is 3.59. The second kappa shape index (κ2) is 6.39. The summed E-state index contributed by atoms with van der Waals surface area (Å²) in [5, 5.41) is 8.41. The molecule has 0 saturated carbocycles. The highest BCUT2D eigenvalue weighted by Crippen LogP contribution is 2.32. The van der Waals surface area contributed by atoms with Gasteiger partial charge in [-0.25, -0.2) is 14.3 Å². The van der Waals surface area contributed by atoms with Crippen LogP contribution in [0.1, 0.15) is 34.6 Å². The highest BCUT2D eigenvalue weighted by molar-refractivity contribution is 5.89. The largest absolute Gasteiger partial charge is 0.461 e. The maximum absolute atomic E-state index is 12.0. The molecule has 0 aliphatic heterocycles. The Bertz CT molecular complexity index is 1130. The number of esters is 1. The van der Waals surface area contributed by atoms with Crippen LogP contribution >= 0.6 is 0 Å². The zero-order chi connectivity index (χ0) is 19.1. The molecule has 0 aliphatic rings. The molecule has 0 aromatic carbocycles. The lowest BCUT2D eigenvalue weighted by Crippen LogP contribution is -2.06. The van der Waals surface area contributed by atoms with Gasteiger partial charge in [0.1, 0.15) is 11.5 Å². The molecule has 0 fully saturated rings. The zero-order valence-corrected chi connectivity index (χ0v) is 15.4. The molecule has 0 saturated heterocycles. The molecule has 8 nitrogen and oxygen atoms in total. The number of carbonyl (C=O) groups is 1. The van der Waals surface area contributed by atoms with Gasteiger partial charge in [-0.15, -0.1) is 0 Å². The van der Waals surface area contributed by atoms with Crippen molar-refractivity contribution in [3.05, 3.63) is 47.4 Å². The van der Waals surface area contributed by atoms with Crippen LogP contribution in [0.4, 0.5) is 0 Å². The monoisotopic (exact) mass is 366 g/mol. The number of carbonyl (C=O) groups excluding carboxylic acids is 1. The maximum atomic E-state index is 12.0. The van der Waals surface area contributed by atoms with Crippen LogP contribution in [-0.2, 0) is 4.74 Å². The minimum atomic E-state index is -0.494. The Labute approximate surface area is 154 Å². The molecule has 0 bridgehead atoms. The molecule has 4 rings (SSSR count). The summed E-state index contributed by atoms with van der Waals surface area (Å²) < 4.78 is 17.8. The molecule has 138 valence electrons. The van der Waals surface area contributed by atoms with Crippen LogP contribution < -0.4 is 0 Å². The fraction of sp³-hybridized carbons (Fsp3) is 0.263. The van der Waals surface area contributed by atoms with Crippen molar-refractivity contribution < 1.29 is 18.5 Å². The molecule has 0 atom stereocenters. The molecule has 4 aromatic heterocycles. The average molecular weight is 366 g/mol. The Kier molecular flexibility index (Phi) is 4.02. The number of rotatable bonds is 4. The van der Waals surface area contributed by atoms with E-state index in [2.05, 4.69) is 15.2 Å². The van der Waals surface area contributed by atoms with Crippen molar-refractivity contribution in [2.45, 2.75) is 27.7 Å². The third-order valence-electron chi connectivity index (χ3n) is 4.34. The summed E-state index contributed by atoms with van der Waals surface area (Å²) >= 11 is 0. The number of hydrogen-bond donors (Lipinski definition) is 0. The van der Waals surface area contributed by atoms with Crippen LogP contribution in [0.25, 0.3) is 28.1 Å². The first-order valence-corrected chi connectivity index (χ1v) is 8.55. The van der Waals surface area contributed by atoms with Crippen LogP contribution in [0.15, 0.2) is 33.5 Å². The number of hydrogen-bond acceptors (Lipinski definition) is 7. The summed E-state index contributed by atoms with van der Waals surface area (Å²) in [6, 6.07) is 3.74. The lowest BCUT2D eigenvalue weighted by Gasteiger charge is -2.01. The van der Waals surface area contributed by atoms with Gasteiger partial charge in [0.2, 0.25) is 5.89 Å². The van der Waals surface area contributed by atoms with Crippen LogP contribution in [0.5, 0.6) is 0 Å².